The van der Waals surface area contributed by atoms with Crippen molar-refractivity contribution in [3.05, 3.63) is 58.6 Å². The van der Waals surface area contributed by atoms with Crippen molar-refractivity contribution < 1.29 is 9.84 Å². The number of ether oxygens (including phenoxy) is 1. The highest BCUT2D eigenvalue weighted by molar-refractivity contribution is 9.10. The summed E-state index contributed by atoms with van der Waals surface area (Å²) in [7, 11) is 0. The molecule has 0 aromatic heterocycles. The molecule has 100 valence electrons. The second-order valence-corrected chi connectivity index (χ2v) is 5.94. The number of hydrogen-bond donors (Lipinski definition) is 1. The van der Waals surface area contributed by atoms with Gasteiger partial charge in [0.25, 0.3) is 0 Å². The zero-order chi connectivity index (χ0) is 13.5. The molecule has 0 fully saturated rings. The Kier molecular flexibility index (Phi) is 5.76. The molecule has 0 aliphatic carbocycles. The van der Waals surface area contributed by atoms with Gasteiger partial charge in [0.05, 0.1) is 13.2 Å². The van der Waals surface area contributed by atoms with Gasteiger partial charge in [-0.15, -0.1) is 11.8 Å². The van der Waals surface area contributed by atoms with Gasteiger partial charge in [-0.25, -0.2) is 0 Å². The molecule has 2 aromatic rings. The van der Waals surface area contributed by atoms with Crippen LogP contribution >= 0.6 is 27.7 Å². The molecule has 2 aromatic carbocycles. The van der Waals surface area contributed by atoms with Crippen LogP contribution < -0.4 is 4.74 Å². The number of hydrogen-bond acceptors (Lipinski definition) is 3. The molecule has 0 unspecified atom stereocenters. The lowest BCUT2D eigenvalue weighted by molar-refractivity contribution is 0.279. The molecule has 0 bridgehead atoms. The van der Waals surface area contributed by atoms with Gasteiger partial charge < -0.3 is 9.84 Å². The molecule has 0 atom stereocenters. The van der Waals surface area contributed by atoms with Gasteiger partial charge in [-0.1, -0.05) is 34.1 Å². The highest BCUT2D eigenvalue weighted by Crippen LogP contribution is 2.23. The summed E-state index contributed by atoms with van der Waals surface area (Å²) >= 11 is 5.15. The number of benzene rings is 2. The molecule has 19 heavy (non-hydrogen) atoms. The number of aliphatic hydroxyl groups excluding tert-OH is 1. The van der Waals surface area contributed by atoms with Gasteiger partial charge in [0.15, 0.2) is 0 Å². The predicted molar refractivity (Wildman–Crippen MR) is 82.7 cm³/mol. The number of aliphatic hydroxyl groups is 1. The van der Waals surface area contributed by atoms with E-state index in [9.17, 15) is 5.11 Å². The standard InChI is InChI=1S/C15H15BrO2S/c16-15-7-6-13(10-12(15)11-17)18-8-9-19-14-4-2-1-3-5-14/h1-7,10,17H,8-9,11H2. The maximum Gasteiger partial charge on any atom is 0.119 e. The van der Waals surface area contributed by atoms with Gasteiger partial charge >= 0.3 is 0 Å². The molecule has 0 radical (unpaired) electrons. The van der Waals surface area contributed by atoms with Crippen LogP contribution in [0.4, 0.5) is 0 Å². The Labute approximate surface area is 125 Å². The molecule has 2 rings (SSSR count). The van der Waals surface area contributed by atoms with E-state index in [-0.39, 0.29) is 6.61 Å². The van der Waals surface area contributed by atoms with Crippen LogP contribution in [0.3, 0.4) is 0 Å². The fraction of sp³-hybridized carbons (Fsp3) is 0.200. The highest BCUT2D eigenvalue weighted by Gasteiger charge is 2.01. The molecule has 2 nitrogen and oxygen atoms in total. The van der Waals surface area contributed by atoms with E-state index < -0.39 is 0 Å². The van der Waals surface area contributed by atoms with Crippen LogP contribution in [-0.4, -0.2) is 17.5 Å². The van der Waals surface area contributed by atoms with E-state index in [4.69, 9.17) is 4.74 Å². The minimum absolute atomic E-state index is 0.0105. The number of halogens is 1. The lowest BCUT2D eigenvalue weighted by Crippen LogP contribution is -2.00. The third-order valence-electron chi connectivity index (χ3n) is 2.55. The molecule has 0 aliphatic heterocycles. The number of rotatable bonds is 6. The SMILES string of the molecule is OCc1cc(OCCSc2ccccc2)ccc1Br. The lowest BCUT2D eigenvalue weighted by Gasteiger charge is -2.08. The summed E-state index contributed by atoms with van der Waals surface area (Å²) in [5.74, 6) is 1.69. The number of thioether (sulfide) groups is 1. The molecule has 0 aliphatic rings. The topological polar surface area (TPSA) is 29.5 Å². The van der Waals surface area contributed by atoms with Gasteiger partial charge in [0, 0.05) is 15.1 Å². The van der Waals surface area contributed by atoms with Crippen molar-refractivity contribution in [1.82, 2.24) is 0 Å². The summed E-state index contributed by atoms with van der Waals surface area (Å²) in [6, 6.07) is 15.9. The quantitative estimate of drug-likeness (QED) is 0.634. The zero-order valence-electron chi connectivity index (χ0n) is 10.4. The van der Waals surface area contributed by atoms with Crippen molar-refractivity contribution >= 4 is 27.7 Å². The van der Waals surface area contributed by atoms with E-state index in [0.717, 1.165) is 21.5 Å². The smallest absolute Gasteiger partial charge is 0.119 e. The fourth-order valence-electron chi connectivity index (χ4n) is 1.60. The Hall–Kier alpha value is -0.970. The summed E-state index contributed by atoms with van der Waals surface area (Å²) in [5.41, 5.74) is 0.841. The minimum atomic E-state index is 0.0105. The Morgan fingerprint density at radius 1 is 1.11 bits per heavy atom. The molecule has 0 saturated heterocycles. The van der Waals surface area contributed by atoms with Crippen LogP contribution in [-0.2, 0) is 6.61 Å². The second-order valence-electron chi connectivity index (χ2n) is 3.92. The monoisotopic (exact) mass is 338 g/mol. The molecule has 0 saturated carbocycles. The first-order valence-electron chi connectivity index (χ1n) is 5.99. The van der Waals surface area contributed by atoms with E-state index in [1.165, 1.54) is 4.90 Å². The Morgan fingerprint density at radius 2 is 1.89 bits per heavy atom. The van der Waals surface area contributed by atoms with Crippen molar-refractivity contribution in [3.63, 3.8) is 0 Å². The van der Waals surface area contributed by atoms with Crippen LogP contribution in [0.25, 0.3) is 0 Å². The molecule has 4 heteroatoms. The first-order chi connectivity index (χ1) is 9.29. The van der Waals surface area contributed by atoms with Crippen molar-refractivity contribution in [2.45, 2.75) is 11.5 Å². The van der Waals surface area contributed by atoms with Crippen LogP contribution in [0, 0.1) is 0 Å². The first kappa shape index (κ1) is 14.4. The van der Waals surface area contributed by atoms with Crippen LogP contribution in [0.2, 0.25) is 0 Å². The van der Waals surface area contributed by atoms with Gasteiger partial charge in [-0.2, -0.15) is 0 Å². The van der Waals surface area contributed by atoms with Gasteiger partial charge in [0.2, 0.25) is 0 Å². The van der Waals surface area contributed by atoms with Crippen LogP contribution in [0.1, 0.15) is 5.56 Å². The third kappa shape index (κ3) is 4.56. The maximum atomic E-state index is 9.17. The normalized spacial score (nSPS) is 10.4. The van der Waals surface area contributed by atoms with E-state index >= 15 is 0 Å². The van der Waals surface area contributed by atoms with Crippen molar-refractivity contribution in [1.29, 1.82) is 0 Å². The van der Waals surface area contributed by atoms with Crippen molar-refractivity contribution in [2.24, 2.45) is 0 Å². The fourth-order valence-corrected chi connectivity index (χ4v) is 2.72. The maximum absolute atomic E-state index is 9.17. The Balaban J connectivity index is 1.80. The van der Waals surface area contributed by atoms with Gasteiger partial charge in [-0.05, 0) is 35.9 Å². The predicted octanol–water partition coefficient (Wildman–Crippen LogP) is 4.11. The highest BCUT2D eigenvalue weighted by atomic mass is 79.9. The minimum Gasteiger partial charge on any atom is -0.493 e. The van der Waals surface area contributed by atoms with E-state index in [1.807, 2.05) is 36.4 Å². The van der Waals surface area contributed by atoms with Gasteiger partial charge in [-0.3, -0.25) is 0 Å². The first-order valence-corrected chi connectivity index (χ1v) is 7.77. The van der Waals surface area contributed by atoms with Crippen LogP contribution in [0.15, 0.2) is 57.9 Å². The molecular formula is C15H15BrO2S. The molecule has 0 amide bonds. The molecule has 0 spiro atoms. The zero-order valence-corrected chi connectivity index (χ0v) is 12.8. The second kappa shape index (κ2) is 7.58. The van der Waals surface area contributed by atoms with Crippen molar-refractivity contribution in [3.8, 4) is 5.75 Å². The summed E-state index contributed by atoms with van der Waals surface area (Å²) in [5, 5.41) is 9.17. The summed E-state index contributed by atoms with van der Waals surface area (Å²) in [4.78, 5) is 1.25. The van der Waals surface area contributed by atoms with Crippen LogP contribution in [0.5, 0.6) is 5.75 Å². The molecular weight excluding hydrogens is 324 g/mol. The Bertz CT molecular complexity index is 517. The van der Waals surface area contributed by atoms with E-state index in [0.29, 0.717) is 6.61 Å². The summed E-state index contributed by atoms with van der Waals surface area (Å²) in [6.45, 7) is 0.655. The third-order valence-corrected chi connectivity index (χ3v) is 4.30. The largest absolute Gasteiger partial charge is 0.493 e. The lowest BCUT2D eigenvalue weighted by atomic mass is 10.2. The average molecular weight is 339 g/mol. The Morgan fingerprint density at radius 3 is 2.63 bits per heavy atom. The summed E-state index contributed by atoms with van der Waals surface area (Å²) < 4.78 is 6.58. The molecule has 1 N–H and O–H groups in total. The van der Waals surface area contributed by atoms with E-state index in [2.05, 4.69) is 28.1 Å². The average Bonchev–Trinajstić information content (AvgIpc) is 2.46. The van der Waals surface area contributed by atoms with Gasteiger partial charge in [0.1, 0.15) is 5.75 Å². The van der Waals surface area contributed by atoms with Crippen molar-refractivity contribution in [2.75, 3.05) is 12.4 Å². The summed E-state index contributed by atoms with van der Waals surface area (Å²) in [6.07, 6.45) is 0. The molecule has 0 heterocycles. The van der Waals surface area contributed by atoms with E-state index in [1.54, 1.807) is 11.8 Å².